The second-order valence-electron chi connectivity index (χ2n) is 4.30. The molecule has 1 nitrogen and oxygen atoms in total. The summed E-state index contributed by atoms with van der Waals surface area (Å²) in [6.45, 7) is 4.61. The second kappa shape index (κ2) is 5.00. The van der Waals surface area contributed by atoms with E-state index in [9.17, 15) is 17.3 Å². The van der Waals surface area contributed by atoms with Crippen molar-refractivity contribution in [2.24, 2.45) is 5.92 Å². The van der Waals surface area contributed by atoms with Crippen LogP contribution in [0.2, 0.25) is 0 Å². The molecule has 1 aliphatic rings. The zero-order valence-corrected chi connectivity index (χ0v) is 8.70. The van der Waals surface area contributed by atoms with Crippen LogP contribution in [0.3, 0.4) is 0 Å². The predicted octanol–water partition coefficient (Wildman–Crippen LogP) is 2.50. The van der Waals surface area contributed by atoms with E-state index < -0.39 is 7.25 Å². The van der Waals surface area contributed by atoms with E-state index in [1.54, 1.807) is 0 Å². The normalized spacial score (nSPS) is 33.2. The molecule has 0 bridgehead atoms. The molecular weight excluding hydrogens is 197 g/mol. The fraction of sp³-hybridized carbons (Fsp3) is 1.00. The fourth-order valence-corrected chi connectivity index (χ4v) is 1.57. The van der Waals surface area contributed by atoms with Crippen LogP contribution in [0.15, 0.2) is 0 Å². The van der Waals surface area contributed by atoms with E-state index in [2.05, 4.69) is 19.6 Å². The van der Waals surface area contributed by atoms with Crippen LogP contribution in [0.4, 0.5) is 17.3 Å². The Bertz CT molecular complexity index is 163. The molecule has 6 heteroatoms. The topological polar surface area (TPSA) is 27.6 Å². The van der Waals surface area contributed by atoms with E-state index >= 15 is 0 Å². The van der Waals surface area contributed by atoms with E-state index in [0.717, 1.165) is 5.92 Å². The average Bonchev–Trinajstić information content (AvgIpc) is 1.92. The highest BCUT2D eigenvalue weighted by molar-refractivity contribution is 6.50. The highest BCUT2D eigenvalue weighted by Gasteiger charge is 2.32. The molecule has 86 valence electrons. The zero-order valence-electron chi connectivity index (χ0n) is 8.70. The standard InChI is InChI=1S/C8H17N.BF4/c1-7-5-3-4-6-8(7,2)9;2-1(3,4)5/h7H,3-6,9H2,1-2H3;/q;-1/p+1. The highest BCUT2D eigenvalue weighted by Crippen LogP contribution is 2.29. The van der Waals surface area contributed by atoms with Gasteiger partial charge in [-0.1, -0.05) is 13.3 Å². The summed E-state index contributed by atoms with van der Waals surface area (Å²) >= 11 is 0. The third kappa shape index (κ3) is 7.18. The van der Waals surface area contributed by atoms with Gasteiger partial charge >= 0.3 is 7.25 Å². The SMILES string of the molecule is CC1CCCCC1(C)[NH3+].F[B-](F)(F)F. The second-order valence-corrected chi connectivity index (χ2v) is 4.30. The molecule has 1 aliphatic carbocycles. The number of halogens is 4. The lowest BCUT2D eigenvalue weighted by atomic mass is 9.76. The van der Waals surface area contributed by atoms with Crippen LogP contribution in [-0.2, 0) is 0 Å². The number of hydrogen-bond acceptors (Lipinski definition) is 0. The quantitative estimate of drug-likeness (QED) is 0.475. The maximum atomic E-state index is 9.75. The molecule has 0 aromatic heterocycles. The molecule has 0 aromatic rings. The summed E-state index contributed by atoms with van der Waals surface area (Å²) in [5, 5.41) is 0. The highest BCUT2D eigenvalue weighted by atomic mass is 19.5. The van der Waals surface area contributed by atoms with Crippen molar-refractivity contribution < 1.29 is 23.0 Å². The Morgan fingerprint density at radius 3 is 1.86 bits per heavy atom. The van der Waals surface area contributed by atoms with Gasteiger partial charge in [-0.15, -0.1) is 0 Å². The monoisotopic (exact) mass is 215 g/mol. The number of hydrogen-bond donors (Lipinski definition) is 1. The van der Waals surface area contributed by atoms with Gasteiger partial charge in [-0.05, 0) is 19.8 Å². The third-order valence-corrected chi connectivity index (χ3v) is 2.82. The first-order chi connectivity index (χ1) is 6.13. The molecule has 0 amide bonds. The molecule has 0 aliphatic heterocycles. The molecule has 0 aromatic carbocycles. The summed E-state index contributed by atoms with van der Waals surface area (Å²) < 4.78 is 39.0. The van der Waals surface area contributed by atoms with Crippen molar-refractivity contribution in [3.8, 4) is 0 Å². The van der Waals surface area contributed by atoms with E-state index in [4.69, 9.17) is 0 Å². The van der Waals surface area contributed by atoms with Gasteiger partial charge in [-0.2, -0.15) is 0 Å². The minimum Gasteiger partial charge on any atom is -0.418 e. The fourth-order valence-electron chi connectivity index (χ4n) is 1.57. The Morgan fingerprint density at radius 1 is 1.21 bits per heavy atom. The average molecular weight is 215 g/mol. The lowest BCUT2D eigenvalue weighted by Crippen LogP contribution is -2.74. The smallest absolute Gasteiger partial charge is 0.418 e. The van der Waals surface area contributed by atoms with Crippen LogP contribution in [0.25, 0.3) is 0 Å². The van der Waals surface area contributed by atoms with Gasteiger partial charge in [0, 0.05) is 12.3 Å². The molecule has 1 rings (SSSR count). The van der Waals surface area contributed by atoms with Gasteiger partial charge in [-0.3, -0.25) is 0 Å². The van der Waals surface area contributed by atoms with E-state index in [1.807, 2.05) is 0 Å². The summed E-state index contributed by atoms with van der Waals surface area (Å²) in [6.07, 6.45) is 5.53. The molecule has 0 spiro atoms. The number of rotatable bonds is 0. The molecule has 14 heavy (non-hydrogen) atoms. The molecule has 0 radical (unpaired) electrons. The molecule has 0 saturated heterocycles. The lowest BCUT2D eigenvalue weighted by Gasteiger charge is -2.32. The van der Waals surface area contributed by atoms with Crippen molar-refractivity contribution in [2.75, 3.05) is 0 Å². The Morgan fingerprint density at radius 2 is 1.64 bits per heavy atom. The van der Waals surface area contributed by atoms with Gasteiger partial charge in [0.25, 0.3) is 0 Å². The van der Waals surface area contributed by atoms with Crippen molar-refractivity contribution in [3.05, 3.63) is 0 Å². The van der Waals surface area contributed by atoms with Crippen LogP contribution in [0.1, 0.15) is 39.5 Å². The predicted molar refractivity (Wildman–Crippen MR) is 49.1 cm³/mol. The molecule has 2 unspecified atom stereocenters. The third-order valence-electron chi connectivity index (χ3n) is 2.82. The summed E-state index contributed by atoms with van der Waals surface area (Å²) in [7, 11) is -6.00. The molecule has 2 atom stereocenters. The summed E-state index contributed by atoms with van der Waals surface area (Å²) in [5.41, 5.74) is 4.60. The van der Waals surface area contributed by atoms with Gasteiger partial charge in [0.05, 0.1) is 5.54 Å². The van der Waals surface area contributed by atoms with Crippen molar-refractivity contribution >= 4 is 7.25 Å². The molecule has 3 N–H and O–H groups in total. The maximum Gasteiger partial charge on any atom is 0.673 e. The Balaban J connectivity index is 0.000000292. The maximum absolute atomic E-state index is 9.75. The Labute approximate surface area is 82.2 Å². The van der Waals surface area contributed by atoms with Crippen molar-refractivity contribution in [2.45, 2.75) is 45.1 Å². The first-order valence-electron chi connectivity index (χ1n) is 4.85. The first kappa shape index (κ1) is 13.7. The Kier molecular flexibility index (Phi) is 4.91. The molecule has 1 saturated carbocycles. The largest absolute Gasteiger partial charge is 0.673 e. The van der Waals surface area contributed by atoms with E-state index in [1.165, 1.54) is 25.7 Å². The van der Waals surface area contributed by atoms with Crippen molar-refractivity contribution in [1.82, 2.24) is 0 Å². The van der Waals surface area contributed by atoms with Crippen LogP contribution in [0, 0.1) is 5.92 Å². The van der Waals surface area contributed by atoms with Gasteiger partial charge < -0.3 is 23.0 Å². The first-order valence-corrected chi connectivity index (χ1v) is 4.85. The molecule has 0 heterocycles. The summed E-state index contributed by atoms with van der Waals surface area (Å²) in [5.74, 6) is 0.839. The van der Waals surface area contributed by atoms with Gasteiger partial charge in [0.15, 0.2) is 0 Å². The van der Waals surface area contributed by atoms with Crippen LogP contribution in [-0.4, -0.2) is 12.8 Å². The van der Waals surface area contributed by atoms with Gasteiger partial charge in [0.2, 0.25) is 0 Å². The van der Waals surface area contributed by atoms with E-state index in [0.29, 0.717) is 5.54 Å². The summed E-state index contributed by atoms with van der Waals surface area (Å²) in [4.78, 5) is 0. The zero-order chi connectivity index (χ0) is 11.4. The van der Waals surface area contributed by atoms with Crippen LogP contribution >= 0.6 is 0 Å². The molecule has 1 fully saturated rings. The van der Waals surface area contributed by atoms with Crippen LogP contribution in [0.5, 0.6) is 0 Å². The minimum absolute atomic E-state index is 0.387. The van der Waals surface area contributed by atoms with Gasteiger partial charge in [0.1, 0.15) is 0 Å². The minimum atomic E-state index is -6.00. The van der Waals surface area contributed by atoms with Crippen molar-refractivity contribution in [3.63, 3.8) is 0 Å². The van der Waals surface area contributed by atoms with Crippen LogP contribution < -0.4 is 5.73 Å². The van der Waals surface area contributed by atoms with Crippen molar-refractivity contribution in [1.29, 1.82) is 0 Å². The molecular formula is C8H18BF4N. The van der Waals surface area contributed by atoms with Gasteiger partial charge in [-0.25, -0.2) is 0 Å². The number of quaternary nitrogens is 1. The Hall–Kier alpha value is -0.255. The summed E-state index contributed by atoms with van der Waals surface area (Å²) in [6, 6.07) is 0. The lowest BCUT2D eigenvalue weighted by molar-refractivity contribution is -0.490. The van der Waals surface area contributed by atoms with E-state index in [-0.39, 0.29) is 0 Å².